The van der Waals surface area contributed by atoms with Crippen LogP contribution in [0.5, 0.6) is 5.75 Å². The molecule has 1 N–H and O–H groups in total. The molecule has 2 nitrogen and oxygen atoms in total. The van der Waals surface area contributed by atoms with Crippen molar-refractivity contribution in [2.45, 2.75) is 12.5 Å². The second-order valence-electron chi connectivity index (χ2n) is 8.68. The first-order valence-corrected chi connectivity index (χ1v) is 11.6. The highest BCUT2D eigenvalue weighted by Gasteiger charge is 2.40. The fourth-order valence-electron chi connectivity index (χ4n) is 5.06. The third-order valence-corrected chi connectivity index (χ3v) is 6.65. The highest BCUT2D eigenvalue weighted by Crippen LogP contribution is 2.44. The molecule has 6 aromatic rings. The molecule has 6 rings (SSSR count). The lowest BCUT2D eigenvalue weighted by Crippen LogP contribution is -2.37. The average molecular weight is 440 g/mol. The Morgan fingerprint density at radius 2 is 1.15 bits per heavy atom. The fraction of sp³-hybridized carbons (Fsp3) is 0.0625. The van der Waals surface area contributed by atoms with Crippen molar-refractivity contribution in [3.63, 3.8) is 0 Å². The Labute approximate surface area is 199 Å². The number of H-pyrrole nitrogens is 1. The summed E-state index contributed by atoms with van der Waals surface area (Å²) in [5.74, 6) is 0.824. The van der Waals surface area contributed by atoms with Crippen LogP contribution in [0.2, 0.25) is 0 Å². The third-order valence-electron chi connectivity index (χ3n) is 6.65. The van der Waals surface area contributed by atoms with Gasteiger partial charge in [0, 0.05) is 33.0 Å². The SMILES string of the molecule is Cc1ccccc1C(Oc1cccc2c1[nH]c1ccccc12)(c1ccccc1)c1ccccc1. The standard InChI is InChI=1S/C32H25NO/c1-23-13-8-10-20-28(23)32(24-14-4-2-5-15-24,25-16-6-3-7-17-25)34-30-22-12-19-27-26-18-9-11-21-29(26)33-31(27)30/h2-22,33H,1H3. The molecule has 0 aliphatic rings. The van der Waals surface area contributed by atoms with E-state index in [4.69, 9.17) is 4.74 Å². The Balaban J connectivity index is 1.68. The number of aryl methyl sites for hydroxylation is 1. The van der Waals surface area contributed by atoms with Crippen molar-refractivity contribution in [3.8, 4) is 5.75 Å². The van der Waals surface area contributed by atoms with E-state index >= 15 is 0 Å². The zero-order valence-electron chi connectivity index (χ0n) is 19.0. The lowest BCUT2D eigenvalue weighted by Gasteiger charge is -2.37. The maximum atomic E-state index is 7.25. The van der Waals surface area contributed by atoms with Gasteiger partial charge in [-0.05, 0) is 24.6 Å². The van der Waals surface area contributed by atoms with E-state index in [1.165, 1.54) is 10.9 Å². The predicted molar refractivity (Wildman–Crippen MR) is 140 cm³/mol. The molecule has 1 aromatic heterocycles. The van der Waals surface area contributed by atoms with Crippen LogP contribution in [-0.4, -0.2) is 4.98 Å². The van der Waals surface area contributed by atoms with Gasteiger partial charge in [0.05, 0.1) is 5.52 Å². The van der Waals surface area contributed by atoms with Crippen LogP contribution < -0.4 is 4.74 Å². The molecule has 0 spiro atoms. The molecule has 0 fully saturated rings. The molecule has 0 bridgehead atoms. The topological polar surface area (TPSA) is 25.0 Å². The smallest absolute Gasteiger partial charge is 0.184 e. The van der Waals surface area contributed by atoms with Crippen LogP contribution in [0.3, 0.4) is 0 Å². The molecule has 0 unspecified atom stereocenters. The maximum absolute atomic E-state index is 7.25. The molecule has 0 amide bonds. The number of para-hydroxylation sites is 2. The van der Waals surface area contributed by atoms with E-state index in [0.29, 0.717) is 0 Å². The molecule has 5 aromatic carbocycles. The fourth-order valence-corrected chi connectivity index (χ4v) is 5.06. The van der Waals surface area contributed by atoms with Crippen LogP contribution in [0.1, 0.15) is 22.3 Å². The molecule has 0 saturated heterocycles. The molecule has 34 heavy (non-hydrogen) atoms. The molecule has 0 aliphatic heterocycles. The summed E-state index contributed by atoms with van der Waals surface area (Å²) in [6, 6.07) is 44.3. The van der Waals surface area contributed by atoms with Gasteiger partial charge in [0.25, 0.3) is 0 Å². The lowest BCUT2D eigenvalue weighted by atomic mass is 9.78. The summed E-state index contributed by atoms with van der Waals surface area (Å²) in [5.41, 5.74) is 5.77. The summed E-state index contributed by atoms with van der Waals surface area (Å²) in [5, 5.41) is 2.36. The second kappa shape index (κ2) is 8.24. The number of rotatable bonds is 5. The number of ether oxygens (including phenoxy) is 1. The average Bonchev–Trinajstić information content (AvgIpc) is 3.29. The molecule has 0 saturated carbocycles. The van der Waals surface area contributed by atoms with Gasteiger partial charge in [-0.25, -0.2) is 0 Å². The van der Waals surface area contributed by atoms with Crippen molar-refractivity contribution in [2.75, 3.05) is 0 Å². The van der Waals surface area contributed by atoms with E-state index in [-0.39, 0.29) is 0 Å². The van der Waals surface area contributed by atoms with E-state index in [2.05, 4.69) is 139 Å². The molecular formula is C32H25NO. The highest BCUT2D eigenvalue weighted by molar-refractivity contribution is 6.09. The Hall–Kier alpha value is -4.30. The van der Waals surface area contributed by atoms with Gasteiger partial charge < -0.3 is 9.72 Å². The predicted octanol–water partition coefficient (Wildman–Crippen LogP) is 8.00. The number of benzene rings is 5. The monoisotopic (exact) mass is 439 g/mol. The van der Waals surface area contributed by atoms with E-state index in [1.54, 1.807) is 0 Å². The highest BCUT2D eigenvalue weighted by atomic mass is 16.5. The quantitative estimate of drug-likeness (QED) is 0.270. The zero-order valence-corrected chi connectivity index (χ0v) is 19.0. The third kappa shape index (κ3) is 3.19. The molecule has 0 atom stereocenters. The van der Waals surface area contributed by atoms with Crippen molar-refractivity contribution < 1.29 is 4.74 Å². The first-order chi connectivity index (χ1) is 16.8. The van der Waals surface area contributed by atoms with Crippen molar-refractivity contribution >= 4 is 21.8 Å². The van der Waals surface area contributed by atoms with Gasteiger partial charge in [0.1, 0.15) is 5.75 Å². The Bertz CT molecular complexity index is 1540. The molecular weight excluding hydrogens is 414 g/mol. The normalized spacial score (nSPS) is 11.7. The van der Waals surface area contributed by atoms with Crippen molar-refractivity contribution in [1.82, 2.24) is 4.98 Å². The van der Waals surface area contributed by atoms with Crippen molar-refractivity contribution in [1.29, 1.82) is 0 Å². The summed E-state index contributed by atoms with van der Waals surface area (Å²) >= 11 is 0. The van der Waals surface area contributed by atoms with Gasteiger partial charge >= 0.3 is 0 Å². The number of hydrogen-bond acceptors (Lipinski definition) is 1. The molecule has 0 aliphatic carbocycles. The van der Waals surface area contributed by atoms with Gasteiger partial charge in [0.15, 0.2) is 5.60 Å². The lowest BCUT2D eigenvalue weighted by molar-refractivity contribution is 0.157. The van der Waals surface area contributed by atoms with Gasteiger partial charge in [-0.2, -0.15) is 0 Å². The number of aromatic amines is 1. The number of nitrogens with one attached hydrogen (secondary N) is 1. The van der Waals surface area contributed by atoms with Crippen molar-refractivity contribution in [3.05, 3.63) is 150 Å². The minimum Gasteiger partial charge on any atom is -0.471 e. The second-order valence-corrected chi connectivity index (χ2v) is 8.68. The van der Waals surface area contributed by atoms with Gasteiger partial charge in [-0.1, -0.05) is 115 Å². The molecule has 1 heterocycles. The maximum Gasteiger partial charge on any atom is 0.184 e. The van der Waals surface area contributed by atoms with Gasteiger partial charge in [-0.3, -0.25) is 0 Å². The Morgan fingerprint density at radius 1 is 0.559 bits per heavy atom. The Morgan fingerprint density at radius 3 is 1.85 bits per heavy atom. The summed E-state index contributed by atoms with van der Waals surface area (Å²) in [6.45, 7) is 2.16. The van der Waals surface area contributed by atoms with Crippen LogP contribution in [0.15, 0.2) is 127 Å². The van der Waals surface area contributed by atoms with Gasteiger partial charge in [-0.15, -0.1) is 0 Å². The molecule has 164 valence electrons. The van der Waals surface area contributed by atoms with Crippen LogP contribution in [0.25, 0.3) is 21.8 Å². The summed E-state index contributed by atoms with van der Waals surface area (Å²) in [4.78, 5) is 3.61. The van der Waals surface area contributed by atoms with Crippen LogP contribution in [0.4, 0.5) is 0 Å². The summed E-state index contributed by atoms with van der Waals surface area (Å²) < 4.78 is 7.25. The van der Waals surface area contributed by atoms with E-state index in [0.717, 1.165) is 38.9 Å². The van der Waals surface area contributed by atoms with E-state index in [9.17, 15) is 0 Å². The Kier molecular flexibility index (Phi) is 4.92. The van der Waals surface area contributed by atoms with Crippen LogP contribution in [-0.2, 0) is 5.60 Å². The van der Waals surface area contributed by atoms with Crippen LogP contribution in [0, 0.1) is 6.92 Å². The van der Waals surface area contributed by atoms with Crippen molar-refractivity contribution in [2.24, 2.45) is 0 Å². The number of aromatic nitrogens is 1. The molecule has 0 radical (unpaired) electrons. The molecule has 2 heteroatoms. The first-order valence-electron chi connectivity index (χ1n) is 11.6. The minimum absolute atomic E-state index is 0.820. The zero-order chi connectivity index (χ0) is 23.0. The van der Waals surface area contributed by atoms with Gasteiger partial charge in [0.2, 0.25) is 0 Å². The summed E-state index contributed by atoms with van der Waals surface area (Å²) in [6.07, 6.45) is 0. The summed E-state index contributed by atoms with van der Waals surface area (Å²) in [7, 11) is 0. The number of hydrogen-bond donors (Lipinski definition) is 1. The largest absolute Gasteiger partial charge is 0.471 e. The van der Waals surface area contributed by atoms with Crippen LogP contribution >= 0.6 is 0 Å². The first kappa shape index (κ1) is 20.3. The van der Waals surface area contributed by atoms with E-state index < -0.39 is 5.60 Å². The minimum atomic E-state index is -0.820. The number of fused-ring (bicyclic) bond motifs is 3. The van der Waals surface area contributed by atoms with E-state index in [1.807, 2.05) is 0 Å².